The smallest absolute Gasteiger partial charge is 0.329 e. The van der Waals surface area contributed by atoms with E-state index in [2.05, 4.69) is 4.90 Å². The summed E-state index contributed by atoms with van der Waals surface area (Å²) >= 11 is 0. The lowest BCUT2D eigenvalue weighted by Crippen LogP contribution is -2.61. The van der Waals surface area contributed by atoms with E-state index in [1.165, 1.54) is 11.3 Å². The summed E-state index contributed by atoms with van der Waals surface area (Å²) in [6, 6.07) is -1.17. The molecule has 2 rings (SSSR count). The molecule has 100 valence electrons. The molecule has 2 fully saturated rings. The second-order valence-corrected chi connectivity index (χ2v) is 4.97. The Hall–Kier alpha value is -0.330. The van der Waals surface area contributed by atoms with Gasteiger partial charge in [-0.1, -0.05) is 6.42 Å². The largest absolute Gasteiger partial charge is 0.405 e. The highest BCUT2D eigenvalue weighted by Crippen LogP contribution is 2.28. The van der Waals surface area contributed by atoms with Gasteiger partial charge in [-0.05, 0) is 19.4 Å². The summed E-state index contributed by atoms with van der Waals surface area (Å²) in [5.41, 5.74) is 5.28. The second kappa shape index (κ2) is 5.12. The summed E-state index contributed by atoms with van der Waals surface area (Å²) in [5, 5.41) is 0. The van der Waals surface area contributed by atoms with E-state index >= 15 is 0 Å². The predicted molar refractivity (Wildman–Crippen MR) is 59.7 cm³/mol. The zero-order valence-corrected chi connectivity index (χ0v) is 9.92. The van der Waals surface area contributed by atoms with E-state index in [-0.39, 0.29) is 6.54 Å². The number of nitrogens with two attached hydrogens (primary N) is 1. The van der Waals surface area contributed by atoms with Crippen LogP contribution in [0.1, 0.15) is 19.3 Å². The molecule has 0 aromatic rings. The van der Waals surface area contributed by atoms with E-state index in [0.29, 0.717) is 19.1 Å². The minimum absolute atomic E-state index is 0.300. The van der Waals surface area contributed by atoms with Crippen molar-refractivity contribution in [2.75, 3.05) is 32.7 Å². The van der Waals surface area contributed by atoms with Crippen LogP contribution in [0.2, 0.25) is 0 Å². The monoisotopic (exact) mass is 251 g/mol. The first-order chi connectivity index (χ1) is 8.02. The molecule has 3 nitrogen and oxygen atoms in total. The second-order valence-electron chi connectivity index (χ2n) is 4.97. The molecule has 0 aromatic carbocycles. The average molecular weight is 251 g/mol. The van der Waals surface area contributed by atoms with Crippen LogP contribution >= 0.6 is 0 Å². The molecule has 0 amide bonds. The van der Waals surface area contributed by atoms with Gasteiger partial charge in [-0.3, -0.25) is 9.80 Å². The maximum Gasteiger partial charge on any atom is 0.405 e. The molecule has 2 N–H and O–H groups in total. The van der Waals surface area contributed by atoms with E-state index in [0.717, 1.165) is 25.9 Å². The number of hydrogen-bond donors (Lipinski definition) is 1. The van der Waals surface area contributed by atoms with Crippen molar-refractivity contribution in [3.8, 4) is 0 Å². The van der Waals surface area contributed by atoms with Crippen molar-refractivity contribution in [2.24, 2.45) is 5.73 Å². The first-order valence-electron chi connectivity index (χ1n) is 6.27. The highest BCUT2D eigenvalue weighted by molar-refractivity contribution is 4.90. The van der Waals surface area contributed by atoms with Crippen molar-refractivity contribution in [1.29, 1.82) is 0 Å². The molecule has 0 aliphatic carbocycles. The minimum atomic E-state index is -4.20. The summed E-state index contributed by atoms with van der Waals surface area (Å²) in [6.07, 6.45) is -0.873. The molecule has 0 saturated carbocycles. The lowest BCUT2D eigenvalue weighted by atomic mass is 9.98. The van der Waals surface area contributed by atoms with Crippen LogP contribution in [0.4, 0.5) is 13.2 Å². The molecule has 0 spiro atoms. The van der Waals surface area contributed by atoms with Crippen molar-refractivity contribution < 1.29 is 13.2 Å². The normalized spacial score (nSPS) is 30.0. The summed E-state index contributed by atoms with van der Waals surface area (Å²) in [6.45, 7) is 2.45. The number of piperidine rings is 1. The fourth-order valence-electron chi connectivity index (χ4n) is 2.95. The molecule has 2 unspecified atom stereocenters. The molecule has 2 heterocycles. The zero-order valence-electron chi connectivity index (χ0n) is 9.92. The highest BCUT2D eigenvalue weighted by atomic mass is 19.4. The summed E-state index contributed by atoms with van der Waals surface area (Å²) < 4.78 is 38.4. The van der Waals surface area contributed by atoms with Gasteiger partial charge in [0.05, 0.1) is 0 Å². The van der Waals surface area contributed by atoms with E-state index in [1.807, 2.05) is 0 Å². The molecule has 0 bridgehead atoms. The Labute approximate surface area is 99.7 Å². The summed E-state index contributed by atoms with van der Waals surface area (Å²) in [7, 11) is 0. The Kier molecular flexibility index (Phi) is 3.95. The number of alkyl halides is 3. The number of halogens is 3. The van der Waals surface area contributed by atoms with Gasteiger partial charge in [-0.15, -0.1) is 0 Å². The maximum absolute atomic E-state index is 12.8. The average Bonchev–Trinajstić information content (AvgIpc) is 2.28. The zero-order chi connectivity index (χ0) is 12.5. The maximum atomic E-state index is 12.8. The molecule has 2 aliphatic rings. The van der Waals surface area contributed by atoms with E-state index in [1.54, 1.807) is 0 Å². The number of piperazine rings is 1. The molecular formula is C11H20F3N3. The SMILES string of the molecule is NCC(N1CCN2CCCCC2C1)C(F)(F)F. The van der Waals surface area contributed by atoms with Gasteiger partial charge in [0, 0.05) is 32.2 Å². The Morgan fingerprint density at radius 2 is 1.94 bits per heavy atom. The lowest BCUT2D eigenvalue weighted by molar-refractivity contribution is -0.188. The van der Waals surface area contributed by atoms with Gasteiger partial charge in [-0.2, -0.15) is 13.2 Å². The van der Waals surface area contributed by atoms with Crippen molar-refractivity contribution in [3.63, 3.8) is 0 Å². The molecule has 0 radical (unpaired) electrons. The van der Waals surface area contributed by atoms with Gasteiger partial charge in [0.25, 0.3) is 0 Å². The van der Waals surface area contributed by atoms with Crippen LogP contribution in [0.15, 0.2) is 0 Å². The Morgan fingerprint density at radius 1 is 1.18 bits per heavy atom. The molecule has 2 saturated heterocycles. The molecule has 17 heavy (non-hydrogen) atoms. The topological polar surface area (TPSA) is 32.5 Å². The van der Waals surface area contributed by atoms with Crippen molar-refractivity contribution in [2.45, 2.75) is 37.5 Å². The lowest BCUT2D eigenvalue weighted by Gasteiger charge is -2.46. The van der Waals surface area contributed by atoms with Crippen LogP contribution in [0, 0.1) is 0 Å². The van der Waals surface area contributed by atoms with Crippen LogP contribution in [0.5, 0.6) is 0 Å². The van der Waals surface area contributed by atoms with Crippen LogP contribution in [0.25, 0.3) is 0 Å². The van der Waals surface area contributed by atoms with E-state index in [9.17, 15) is 13.2 Å². The Morgan fingerprint density at radius 3 is 2.59 bits per heavy atom. The molecule has 0 aromatic heterocycles. The molecule has 2 atom stereocenters. The first-order valence-corrected chi connectivity index (χ1v) is 6.27. The third-order valence-electron chi connectivity index (χ3n) is 3.91. The molecule has 6 heteroatoms. The predicted octanol–water partition coefficient (Wildman–Crippen LogP) is 1.05. The quantitative estimate of drug-likeness (QED) is 0.796. The number of fused-ring (bicyclic) bond motifs is 1. The minimum Gasteiger partial charge on any atom is -0.329 e. The van der Waals surface area contributed by atoms with Crippen LogP contribution in [-0.4, -0.2) is 60.8 Å². The first kappa shape index (κ1) is 13.1. The van der Waals surface area contributed by atoms with E-state index < -0.39 is 12.2 Å². The highest BCUT2D eigenvalue weighted by Gasteiger charge is 2.44. The fourth-order valence-corrected chi connectivity index (χ4v) is 2.95. The molecule has 2 aliphatic heterocycles. The standard InChI is InChI=1S/C11H20F3N3/c12-11(13,14)10(7-15)17-6-5-16-4-2-1-3-9(16)8-17/h9-10H,1-8,15H2. The van der Waals surface area contributed by atoms with Gasteiger partial charge in [0.1, 0.15) is 6.04 Å². The third-order valence-corrected chi connectivity index (χ3v) is 3.91. The summed E-state index contributed by atoms with van der Waals surface area (Å²) in [4.78, 5) is 3.84. The van der Waals surface area contributed by atoms with Crippen LogP contribution in [-0.2, 0) is 0 Å². The van der Waals surface area contributed by atoms with E-state index in [4.69, 9.17) is 5.73 Å². The Balaban J connectivity index is 1.98. The van der Waals surface area contributed by atoms with Gasteiger partial charge in [-0.25, -0.2) is 0 Å². The van der Waals surface area contributed by atoms with Crippen LogP contribution in [0.3, 0.4) is 0 Å². The van der Waals surface area contributed by atoms with Gasteiger partial charge in [0.2, 0.25) is 0 Å². The van der Waals surface area contributed by atoms with Crippen LogP contribution < -0.4 is 5.73 Å². The Bertz CT molecular complexity index is 257. The number of rotatable bonds is 2. The number of nitrogens with zero attached hydrogens (tertiary/aromatic N) is 2. The van der Waals surface area contributed by atoms with Crippen molar-refractivity contribution >= 4 is 0 Å². The van der Waals surface area contributed by atoms with Gasteiger partial charge < -0.3 is 5.73 Å². The third kappa shape index (κ3) is 2.92. The van der Waals surface area contributed by atoms with Crippen molar-refractivity contribution in [3.05, 3.63) is 0 Å². The van der Waals surface area contributed by atoms with Gasteiger partial charge >= 0.3 is 6.18 Å². The van der Waals surface area contributed by atoms with Crippen molar-refractivity contribution in [1.82, 2.24) is 9.80 Å². The fraction of sp³-hybridized carbons (Fsp3) is 1.00. The number of hydrogen-bond acceptors (Lipinski definition) is 3. The molecular weight excluding hydrogens is 231 g/mol. The summed E-state index contributed by atoms with van der Waals surface area (Å²) in [5.74, 6) is 0. The van der Waals surface area contributed by atoms with Gasteiger partial charge in [0.15, 0.2) is 0 Å².